The van der Waals surface area contributed by atoms with Gasteiger partial charge in [-0.15, -0.1) is 5.10 Å². The van der Waals surface area contributed by atoms with Crippen LogP contribution in [-0.4, -0.2) is 30.7 Å². The first-order valence-corrected chi connectivity index (χ1v) is 6.44. The van der Waals surface area contributed by atoms with Crippen LogP contribution < -0.4 is 0 Å². The fraction of sp³-hybridized carbons (Fsp3) is 0.214. The number of carbonyl (C=O) groups excluding carboxylic acids is 1. The summed E-state index contributed by atoms with van der Waals surface area (Å²) in [6, 6.07) is 7.45. The van der Waals surface area contributed by atoms with Crippen LogP contribution in [0.1, 0.15) is 29.5 Å². The molecule has 6 nitrogen and oxygen atoms in total. The Bertz CT molecular complexity index is 765. The quantitative estimate of drug-likeness (QED) is 0.674. The van der Waals surface area contributed by atoms with Crippen LogP contribution in [0, 0.1) is 0 Å². The molecule has 0 spiro atoms. The highest BCUT2D eigenvalue weighted by molar-refractivity contribution is 6.06. The minimum atomic E-state index is -0.207. The molecule has 6 heteroatoms. The number of fused-ring (bicyclic) bond motifs is 1. The molecule has 0 radical (unpaired) electrons. The average Bonchev–Trinajstić information content (AvgIpc) is 2.94. The summed E-state index contributed by atoms with van der Waals surface area (Å²) >= 11 is 0. The van der Waals surface area contributed by atoms with Crippen molar-refractivity contribution in [3.63, 3.8) is 0 Å². The summed E-state index contributed by atoms with van der Waals surface area (Å²) in [5, 5.41) is 7.71. The standard InChI is InChI=1S/C14H13N5O/c1-2-7-19-13(9-16-18-19)14(20)12-8-15-10-5-3-4-6-11(10)17-12/h3-6,8-9H,2,7H2,1H3. The van der Waals surface area contributed by atoms with Crippen molar-refractivity contribution < 1.29 is 4.79 Å². The Hall–Kier alpha value is -2.63. The van der Waals surface area contributed by atoms with Crippen LogP contribution in [0.25, 0.3) is 11.0 Å². The Kier molecular flexibility index (Phi) is 3.20. The van der Waals surface area contributed by atoms with Crippen molar-refractivity contribution in [2.45, 2.75) is 19.9 Å². The van der Waals surface area contributed by atoms with Crippen molar-refractivity contribution in [2.24, 2.45) is 0 Å². The number of nitrogens with zero attached hydrogens (tertiary/aromatic N) is 5. The minimum absolute atomic E-state index is 0.207. The van der Waals surface area contributed by atoms with E-state index in [1.165, 1.54) is 12.4 Å². The van der Waals surface area contributed by atoms with Gasteiger partial charge >= 0.3 is 0 Å². The van der Waals surface area contributed by atoms with E-state index in [0.717, 1.165) is 11.9 Å². The molecule has 0 atom stereocenters. The van der Waals surface area contributed by atoms with E-state index < -0.39 is 0 Å². The molecule has 2 heterocycles. The topological polar surface area (TPSA) is 73.6 Å². The SMILES string of the molecule is CCCn1nncc1C(=O)c1cnc2ccccc2n1. The summed E-state index contributed by atoms with van der Waals surface area (Å²) in [6.07, 6.45) is 3.84. The Morgan fingerprint density at radius 2 is 2.00 bits per heavy atom. The maximum atomic E-state index is 12.4. The lowest BCUT2D eigenvalue weighted by Crippen LogP contribution is -2.13. The number of ketones is 1. The van der Waals surface area contributed by atoms with Gasteiger partial charge in [-0.1, -0.05) is 24.3 Å². The van der Waals surface area contributed by atoms with Gasteiger partial charge in [0, 0.05) is 6.54 Å². The van der Waals surface area contributed by atoms with E-state index in [2.05, 4.69) is 20.3 Å². The Morgan fingerprint density at radius 1 is 1.20 bits per heavy atom. The highest BCUT2D eigenvalue weighted by Gasteiger charge is 2.17. The van der Waals surface area contributed by atoms with E-state index in [1.54, 1.807) is 4.68 Å². The summed E-state index contributed by atoms with van der Waals surface area (Å²) in [6.45, 7) is 2.67. The van der Waals surface area contributed by atoms with Gasteiger partial charge in [-0.05, 0) is 18.6 Å². The van der Waals surface area contributed by atoms with Gasteiger partial charge in [0.05, 0.1) is 23.4 Å². The van der Waals surface area contributed by atoms with Crippen LogP contribution in [0.3, 0.4) is 0 Å². The molecule has 0 unspecified atom stereocenters. The summed E-state index contributed by atoms with van der Waals surface area (Å²) in [7, 11) is 0. The van der Waals surface area contributed by atoms with Crippen LogP contribution in [0.2, 0.25) is 0 Å². The number of aromatic nitrogens is 5. The molecule has 3 rings (SSSR count). The average molecular weight is 267 g/mol. The molecular formula is C14H13N5O. The summed E-state index contributed by atoms with van der Waals surface area (Å²) in [4.78, 5) is 21.0. The van der Waals surface area contributed by atoms with Crippen molar-refractivity contribution in [2.75, 3.05) is 0 Å². The van der Waals surface area contributed by atoms with E-state index in [9.17, 15) is 4.79 Å². The predicted octanol–water partition coefficient (Wildman–Crippen LogP) is 1.86. The Labute approximate surface area is 115 Å². The fourth-order valence-electron chi connectivity index (χ4n) is 2.01. The Morgan fingerprint density at radius 3 is 2.80 bits per heavy atom. The highest BCUT2D eigenvalue weighted by atomic mass is 16.1. The van der Waals surface area contributed by atoms with Crippen molar-refractivity contribution >= 4 is 16.8 Å². The Balaban J connectivity index is 2.01. The van der Waals surface area contributed by atoms with E-state index in [-0.39, 0.29) is 5.78 Å². The third-order valence-corrected chi connectivity index (χ3v) is 2.97. The van der Waals surface area contributed by atoms with Crippen molar-refractivity contribution in [3.05, 3.63) is 48.0 Å². The zero-order chi connectivity index (χ0) is 13.9. The van der Waals surface area contributed by atoms with Gasteiger partial charge in [-0.25, -0.2) is 9.67 Å². The first kappa shape index (κ1) is 12.4. The third-order valence-electron chi connectivity index (χ3n) is 2.97. The van der Waals surface area contributed by atoms with Gasteiger partial charge in [0.1, 0.15) is 11.4 Å². The van der Waals surface area contributed by atoms with Crippen molar-refractivity contribution in [3.8, 4) is 0 Å². The van der Waals surface area contributed by atoms with Gasteiger partial charge in [-0.3, -0.25) is 9.78 Å². The second kappa shape index (κ2) is 5.16. The molecule has 0 bridgehead atoms. The molecule has 0 saturated heterocycles. The molecule has 100 valence electrons. The molecule has 0 fully saturated rings. The van der Waals surface area contributed by atoms with Crippen LogP contribution in [0.4, 0.5) is 0 Å². The van der Waals surface area contributed by atoms with E-state index >= 15 is 0 Å². The fourth-order valence-corrected chi connectivity index (χ4v) is 2.01. The summed E-state index contributed by atoms with van der Waals surface area (Å²) in [5.74, 6) is -0.207. The molecule has 0 aliphatic carbocycles. The lowest BCUT2D eigenvalue weighted by Gasteiger charge is -2.04. The predicted molar refractivity (Wildman–Crippen MR) is 73.3 cm³/mol. The van der Waals surface area contributed by atoms with Crippen LogP contribution >= 0.6 is 0 Å². The smallest absolute Gasteiger partial charge is 0.232 e. The number of hydrogen-bond donors (Lipinski definition) is 0. The van der Waals surface area contributed by atoms with Crippen LogP contribution in [0.5, 0.6) is 0 Å². The van der Waals surface area contributed by atoms with Gasteiger partial charge in [0.15, 0.2) is 0 Å². The molecule has 1 aromatic carbocycles. The van der Waals surface area contributed by atoms with Crippen molar-refractivity contribution in [1.29, 1.82) is 0 Å². The molecule has 3 aromatic rings. The lowest BCUT2D eigenvalue weighted by molar-refractivity contribution is 0.102. The number of para-hydroxylation sites is 2. The monoisotopic (exact) mass is 267 g/mol. The molecular weight excluding hydrogens is 254 g/mol. The molecule has 0 aliphatic rings. The lowest BCUT2D eigenvalue weighted by atomic mass is 10.2. The first-order chi connectivity index (χ1) is 9.79. The maximum absolute atomic E-state index is 12.4. The summed E-state index contributed by atoms with van der Waals surface area (Å²) < 4.78 is 1.60. The second-order valence-corrected chi connectivity index (χ2v) is 4.42. The zero-order valence-electron chi connectivity index (χ0n) is 11.0. The molecule has 20 heavy (non-hydrogen) atoms. The largest absolute Gasteiger partial charge is 0.285 e. The van der Waals surface area contributed by atoms with Gasteiger partial charge < -0.3 is 0 Å². The van der Waals surface area contributed by atoms with Crippen molar-refractivity contribution in [1.82, 2.24) is 25.0 Å². The number of hydrogen-bond acceptors (Lipinski definition) is 5. The van der Waals surface area contributed by atoms with Crippen LogP contribution in [-0.2, 0) is 6.54 Å². The molecule has 2 aromatic heterocycles. The first-order valence-electron chi connectivity index (χ1n) is 6.44. The number of carbonyl (C=O) groups is 1. The summed E-state index contributed by atoms with van der Waals surface area (Å²) in [5.41, 5.74) is 2.22. The third kappa shape index (κ3) is 2.16. The van der Waals surface area contributed by atoms with Gasteiger partial charge in [0.2, 0.25) is 5.78 Å². The molecule has 0 saturated carbocycles. The van der Waals surface area contributed by atoms with Crippen LogP contribution in [0.15, 0.2) is 36.7 Å². The second-order valence-electron chi connectivity index (χ2n) is 4.42. The molecule has 0 amide bonds. The number of benzene rings is 1. The number of rotatable bonds is 4. The normalized spacial score (nSPS) is 10.8. The van der Waals surface area contributed by atoms with E-state index in [1.807, 2.05) is 31.2 Å². The molecule has 0 aliphatic heterocycles. The highest BCUT2D eigenvalue weighted by Crippen LogP contribution is 2.11. The minimum Gasteiger partial charge on any atom is -0.285 e. The van der Waals surface area contributed by atoms with Gasteiger partial charge in [-0.2, -0.15) is 0 Å². The van der Waals surface area contributed by atoms with Gasteiger partial charge in [0.25, 0.3) is 0 Å². The number of aryl methyl sites for hydroxylation is 1. The van der Waals surface area contributed by atoms with E-state index in [4.69, 9.17) is 0 Å². The van der Waals surface area contributed by atoms with E-state index in [0.29, 0.717) is 23.4 Å². The maximum Gasteiger partial charge on any atom is 0.232 e. The zero-order valence-corrected chi connectivity index (χ0v) is 11.0. The molecule has 0 N–H and O–H groups in total.